The lowest BCUT2D eigenvalue weighted by Crippen LogP contribution is -2.42. The van der Waals surface area contributed by atoms with Gasteiger partial charge in [0, 0.05) is 30.7 Å². The van der Waals surface area contributed by atoms with Crippen molar-refractivity contribution in [2.75, 3.05) is 12.3 Å². The molecule has 6 heteroatoms. The van der Waals surface area contributed by atoms with E-state index in [-0.39, 0.29) is 18.5 Å². The maximum atomic E-state index is 12.4. The summed E-state index contributed by atoms with van der Waals surface area (Å²) in [6.07, 6.45) is 3.24. The summed E-state index contributed by atoms with van der Waals surface area (Å²) in [7, 11) is 0. The van der Waals surface area contributed by atoms with Crippen LogP contribution in [0.2, 0.25) is 0 Å². The average Bonchev–Trinajstić information content (AvgIpc) is 2.97. The minimum Gasteiger partial charge on any atom is -0.396 e. The van der Waals surface area contributed by atoms with Crippen LogP contribution < -0.4 is 5.73 Å². The van der Waals surface area contributed by atoms with Gasteiger partial charge in [-0.1, -0.05) is 0 Å². The second-order valence-corrected chi connectivity index (χ2v) is 5.29. The van der Waals surface area contributed by atoms with Gasteiger partial charge in [0.25, 0.3) is 0 Å². The lowest BCUT2D eigenvalue weighted by Gasteiger charge is -2.35. The van der Waals surface area contributed by atoms with Gasteiger partial charge in [-0.3, -0.25) is 9.48 Å². The maximum absolute atomic E-state index is 12.4. The molecule has 0 saturated carbocycles. The number of amides is 1. The van der Waals surface area contributed by atoms with E-state index in [0.717, 1.165) is 13.1 Å². The number of nitrogens with two attached hydrogens (primary N) is 1. The van der Waals surface area contributed by atoms with Crippen LogP contribution in [-0.2, 0) is 17.9 Å². The van der Waals surface area contributed by atoms with E-state index in [1.807, 2.05) is 4.90 Å². The number of nitrogens with zero attached hydrogens (tertiary/aromatic N) is 4. The predicted molar refractivity (Wildman–Crippen MR) is 75.9 cm³/mol. The first-order chi connectivity index (χ1) is 9.56. The lowest BCUT2D eigenvalue weighted by molar-refractivity contribution is -0.135. The molecule has 0 aliphatic carbocycles. The van der Waals surface area contributed by atoms with E-state index in [9.17, 15) is 4.79 Å². The van der Waals surface area contributed by atoms with Gasteiger partial charge in [-0.25, -0.2) is 0 Å². The summed E-state index contributed by atoms with van der Waals surface area (Å²) in [4.78, 5) is 14.3. The lowest BCUT2D eigenvalue weighted by atomic mass is 10.1. The van der Waals surface area contributed by atoms with Crippen molar-refractivity contribution >= 4 is 11.6 Å². The van der Waals surface area contributed by atoms with Crippen LogP contribution in [0, 0.1) is 6.92 Å². The molecule has 0 spiro atoms. The summed E-state index contributed by atoms with van der Waals surface area (Å²) in [5.41, 5.74) is 8.64. The third kappa shape index (κ3) is 2.07. The second kappa shape index (κ2) is 4.70. The van der Waals surface area contributed by atoms with Gasteiger partial charge in [0.05, 0.1) is 17.9 Å². The molecule has 1 atom stereocenters. The van der Waals surface area contributed by atoms with Gasteiger partial charge < -0.3 is 15.2 Å². The van der Waals surface area contributed by atoms with Crippen molar-refractivity contribution in [3.63, 3.8) is 0 Å². The van der Waals surface area contributed by atoms with Crippen LogP contribution >= 0.6 is 0 Å². The van der Waals surface area contributed by atoms with E-state index in [4.69, 9.17) is 5.73 Å². The zero-order chi connectivity index (χ0) is 14.3. The highest BCUT2D eigenvalue weighted by atomic mass is 16.2. The maximum Gasteiger partial charge on any atom is 0.244 e. The minimum absolute atomic E-state index is 0.0747. The molecule has 0 bridgehead atoms. The van der Waals surface area contributed by atoms with Crippen LogP contribution in [-0.4, -0.2) is 31.7 Å². The molecule has 0 aromatic carbocycles. The number of carbonyl (C=O) groups is 1. The number of hydrogen-bond acceptors (Lipinski definition) is 3. The fraction of sp³-hybridized carbons (Fsp3) is 0.429. The van der Waals surface area contributed by atoms with Crippen molar-refractivity contribution in [3.05, 3.63) is 35.9 Å². The zero-order valence-corrected chi connectivity index (χ0v) is 11.8. The highest BCUT2D eigenvalue weighted by molar-refractivity contribution is 5.76. The Morgan fingerprint density at radius 1 is 1.45 bits per heavy atom. The number of fused-ring (bicyclic) bond motifs is 1. The first-order valence-corrected chi connectivity index (χ1v) is 6.79. The molecule has 0 radical (unpaired) electrons. The average molecular weight is 273 g/mol. The largest absolute Gasteiger partial charge is 0.396 e. The number of carbonyl (C=O) groups excluding carboxylic acids is 1. The first-order valence-electron chi connectivity index (χ1n) is 6.79. The molecular formula is C14H19N5O. The van der Waals surface area contributed by atoms with Crippen LogP contribution in [0.5, 0.6) is 0 Å². The highest BCUT2D eigenvalue weighted by Gasteiger charge is 2.28. The second-order valence-electron chi connectivity index (χ2n) is 5.29. The quantitative estimate of drug-likeness (QED) is 0.893. The van der Waals surface area contributed by atoms with E-state index >= 15 is 0 Å². The number of hydrogen-bond donors (Lipinski definition) is 1. The topological polar surface area (TPSA) is 69.1 Å². The monoisotopic (exact) mass is 273 g/mol. The minimum atomic E-state index is 0.0747. The van der Waals surface area contributed by atoms with Crippen LogP contribution in [0.3, 0.4) is 0 Å². The molecular weight excluding hydrogens is 254 g/mol. The first kappa shape index (κ1) is 12.8. The number of nitrogen functional groups attached to an aromatic ring is 1. The summed E-state index contributed by atoms with van der Waals surface area (Å²) in [6.45, 7) is 5.99. The van der Waals surface area contributed by atoms with Crippen molar-refractivity contribution in [3.8, 4) is 0 Å². The fourth-order valence-electron chi connectivity index (χ4n) is 2.86. The molecule has 2 aromatic rings. The molecule has 6 nitrogen and oxygen atoms in total. The molecule has 3 rings (SSSR count). The van der Waals surface area contributed by atoms with Crippen LogP contribution in [0.25, 0.3) is 0 Å². The van der Waals surface area contributed by atoms with Gasteiger partial charge in [0.1, 0.15) is 6.54 Å². The van der Waals surface area contributed by atoms with Crippen LogP contribution in [0.1, 0.15) is 24.4 Å². The van der Waals surface area contributed by atoms with Crippen molar-refractivity contribution in [2.24, 2.45) is 0 Å². The van der Waals surface area contributed by atoms with Crippen molar-refractivity contribution < 1.29 is 4.79 Å². The van der Waals surface area contributed by atoms with Gasteiger partial charge in [-0.05, 0) is 26.0 Å². The third-order valence-electron chi connectivity index (χ3n) is 3.96. The summed E-state index contributed by atoms with van der Waals surface area (Å²) in [6, 6.07) is 4.30. The van der Waals surface area contributed by atoms with E-state index < -0.39 is 0 Å². The third-order valence-corrected chi connectivity index (χ3v) is 3.96. The van der Waals surface area contributed by atoms with Gasteiger partial charge in [-0.15, -0.1) is 0 Å². The molecule has 0 saturated heterocycles. The zero-order valence-electron chi connectivity index (χ0n) is 11.8. The van der Waals surface area contributed by atoms with Gasteiger partial charge in [-0.2, -0.15) is 5.10 Å². The Morgan fingerprint density at radius 2 is 2.25 bits per heavy atom. The molecule has 20 heavy (non-hydrogen) atoms. The normalized spacial score (nSPS) is 18.1. The molecule has 2 N–H and O–H groups in total. The summed E-state index contributed by atoms with van der Waals surface area (Å²) < 4.78 is 3.86. The standard InChI is InChI=1S/C14H19N5O/c1-10-3-4-13-11(2)19(6-5-18(10)13)14(20)9-17-8-12(15)7-16-17/h3-4,7-8,11H,5-6,9,15H2,1-2H3. The predicted octanol–water partition coefficient (Wildman–Crippen LogP) is 1.18. The summed E-state index contributed by atoms with van der Waals surface area (Å²) in [5, 5.41) is 4.06. The Hall–Kier alpha value is -2.24. The summed E-state index contributed by atoms with van der Waals surface area (Å²) in [5.74, 6) is 0.0747. The van der Waals surface area contributed by atoms with Crippen molar-refractivity contribution in [1.29, 1.82) is 0 Å². The summed E-state index contributed by atoms with van der Waals surface area (Å²) >= 11 is 0. The molecule has 0 fully saturated rings. The number of aryl methyl sites for hydroxylation is 1. The smallest absolute Gasteiger partial charge is 0.244 e. The van der Waals surface area contributed by atoms with E-state index in [2.05, 4.69) is 35.6 Å². The Kier molecular flexibility index (Phi) is 3.00. The fourth-order valence-corrected chi connectivity index (χ4v) is 2.86. The van der Waals surface area contributed by atoms with Crippen molar-refractivity contribution in [2.45, 2.75) is 33.0 Å². The van der Waals surface area contributed by atoms with E-state index in [1.165, 1.54) is 11.4 Å². The molecule has 1 amide bonds. The number of anilines is 1. The SMILES string of the molecule is Cc1ccc2n1CCN(C(=O)Cn1cc(N)cn1)C2C. The Morgan fingerprint density at radius 3 is 2.95 bits per heavy atom. The molecule has 3 heterocycles. The van der Waals surface area contributed by atoms with E-state index in [1.54, 1.807) is 17.1 Å². The Balaban J connectivity index is 1.76. The van der Waals surface area contributed by atoms with E-state index in [0.29, 0.717) is 5.69 Å². The van der Waals surface area contributed by atoms with Gasteiger partial charge in [0.2, 0.25) is 5.91 Å². The Bertz CT molecular complexity index is 642. The van der Waals surface area contributed by atoms with Crippen LogP contribution in [0.4, 0.5) is 5.69 Å². The molecule has 106 valence electrons. The molecule has 1 unspecified atom stereocenters. The number of rotatable bonds is 2. The van der Waals surface area contributed by atoms with Gasteiger partial charge >= 0.3 is 0 Å². The van der Waals surface area contributed by atoms with Crippen molar-refractivity contribution in [1.82, 2.24) is 19.2 Å². The van der Waals surface area contributed by atoms with Gasteiger partial charge in [0.15, 0.2) is 0 Å². The van der Waals surface area contributed by atoms with Crippen LogP contribution in [0.15, 0.2) is 24.5 Å². The number of aromatic nitrogens is 3. The molecule has 1 aliphatic heterocycles. The highest BCUT2D eigenvalue weighted by Crippen LogP contribution is 2.27. The Labute approximate surface area is 117 Å². The molecule has 1 aliphatic rings. The molecule has 2 aromatic heterocycles.